The number of ether oxygens (including phenoxy) is 4. The second-order valence-corrected chi connectivity index (χ2v) is 16.2. The van der Waals surface area contributed by atoms with Crippen LogP contribution in [0.5, 0.6) is 5.75 Å². The van der Waals surface area contributed by atoms with Crippen molar-refractivity contribution in [1.82, 2.24) is 9.62 Å². The Morgan fingerprint density at radius 3 is 2.70 bits per heavy atom. The van der Waals surface area contributed by atoms with Crippen LogP contribution in [0.1, 0.15) is 57.1 Å². The van der Waals surface area contributed by atoms with Gasteiger partial charge in [0.15, 0.2) is 0 Å². The number of nitrogens with one attached hydrogen (secondary N) is 1. The average Bonchev–Trinajstić information content (AvgIpc) is 3.27. The van der Waals surface area contributed by atoms with Crippen molar-refractivity contribution < 1.29 is 23.7 Å². The lowest BCUT2D eigenvalue weighted by atomic mass is 9.68. The molecule has 7 rings (SSSR count). The molecule has 2 aromatic rings. The molecule has 10 heteroatoms. The van der Waals surface area contributed by atoms with Crippen molar-refractivity contribution in [3.63, 3.8) is 0 Å². The van der Waals surface area contributed by atoms with E-state index in [1.165, 1.54) is 35.9 Å². The Hall–Kier alpha value is -2.27. The van der Waals surface area contributed by atoms with Crippen LogP contribution in [0.2, 0.25) is 5.02 Å². The van der Waals surface area contributed by atoms with Crippen molar-refractivity contribution >= 4 is 35.1 Å². The van der Waals surface area contributed by atoms with Gasteiger partial charge in [-0.1, -0.05) is 43.7 Å². The zero-order valence-corrected chi connectivity index (χ0v) is 31.9. The first-order valence-corrected chi connectivity index (χ1v) is 19.8. The summed E-state index contributed by atoms with van der Waals surface area (Å²) in [5.41, 5.74) is 3.78. The van der Waals surface area contributed by atoms with Gasteiger partial charge in [0.2, 0.25) is 5.91 Å². The number of hydrogen-bond donors (Lipinski definition) is 1. The summed E-state index contributed by atoms with van der Waals surface area (Å²) < 4.78 is 26.0. The lowest BCUT2D eigenvalue weighted by molar-refractivity contribution is -0.123. The highest BCUT2D eigenvalue weighted by Gasteiger charge is 2.44. The molecule has 3 heterocycles. The van der Waals surface area contributed by atoms with Crippen LogP contribution in [0.15, 0.2) is 53.4 Å². The maximum Gasteiger partial charge on any atom is 0.233 e. The second-order valence-electron chi connectivity index (χ2n) is 14.9. The van der Waals surface area contributed by atoms with Crippen molar-refractivity contribution in [3.05, 3.63) is 64.7 Å². The maximum absolute atomic E-state index is 13.0. The first-order chi connectivity index (χ1) is 24.3. The largest absolute Gasteiger partial charge is 0.490 e. The van der Waals surface area contributed by atoms with E-state index in [-0.39, 0.29) is 29.3 Å². The molecule has 6 atom stereocenters. The number of halogens is 1. The zero-order valence-electron chi connectivity index (χ0n) is 30.3. The number of benzene rings is 2. The molecule has 0 radical (unpaired) electrons. The number of nitrogens with zero attached hydrogens (tertiary/aromatic N) is 2. The lowest BCUT2D eigenvalue weighted by Gasteiger charge is -2.46. The summed E-state index contributed by atoms with van der Waals surface area (Å²) in [5.74, 6) is 2.20. The minimum atomic E-state index is -0.0923. The van der Waals surface area contributed by atoms with Crippen molar-refractivity contribution in [3.8, 4) is 5.75 Å². The molecule has 1 spiro atoms. The van der Waals surface area contributed by atoms with Gasteiger partial charge in [-0.25, -0.2) is 0 Å². The summed E-state index contributed by atoms with van der Waals surface area (Å²) in [6.07, 6.45) is 11.1. The third kappa shape index (κ3) is 8.84. The van der Waals surface area contributed by atoms with Crippen molar-refractivity contribution in [2.24, 2.45) is 23.7 Å². The number of morpholine rings is 1. The summed E-state index contributed by atoms with van der Waals surface area (Å²) in [5, 5.41) is 0.807. The molecule has 274 valence electrons. The first-order valence-electron chi connectivity index (χ1n) is 18.6. The van der Waals surface area contributed by atoms with Gasteiger partial charge in [0.05, 0.1) is 38.2 Å². The molecule has 1 amide bonds. The number of methoxy groups -OCH3 is 2. The van der Waals surface area contributed by atoms with E-state index in [1.54, 1.807) is 7.11 Å². The lowest BCUT2D eigenvalue weighted by Crippen LogP contribution is -2.49. The molecular formula is C40H56ClN3O5S. The van der Waals surface area contributed by atoms with E-state index in [0.717, 1.165) is 99.6 Å². The van der Waals surface area contributed by atoms with E-state index >= 15 is 0 Å². The molecule has 0 aromatic heterocycles. The molecule has 1 saturated carbocycles. The Balaban J connectivity index is 0.000000373. The topological polar surface area (TPSA) is 72.5 Å². The van der Waals surface area contributed by atoms with Crippen LogP contribution in [-0.2, 0) is 30.8 Å². The quantitative estimate of drug-likeness (QED) is 0.263. The number of allylic oxidation sites excluding steroid dienone is 1. The third-order valence-electron chi connectivity index (χ3n) is 11.7. The minimum Gasteiger partial charge on any atom is -0.490 e. The molecule has 2 fully saturated rings. The molecule has 2 bridgehead atoms. The Morgan fingerprint density at radius 2 is 1.94 bits per heavy atom. The number of carbonyl (C=O) groups is 1. The molecule has 8 nitrogen and oxygen atoms in total. The van der Waals surface area contributed by atoms with Gasteiger partial charge in [0, 0.05) is 68.2 Å². The van der Waals surface area contributed by atoms with Gasteiger partial charge in [0.1, 0.15) is 5.75 Å². The highest BCUT2D eigenvalue weighted by Crippen LogP contribution is 2.47. The highest BCUT2D eigenvalue weighted by molar-refractivity contribution is 7.98. The monoisotopic (exact) mass is 725 g/mol. The highest BCUT2D eigenvalue weighted by atomic mass is 35.5. The molecule has 5 aliphatic rings. The molecule has 3 aliphatic heterocycles. The average molecular weight is 726 g/mol. The standard InChI is InChI=1S/C33H41ClN2O3S.C7H15NO2/c1-21-6-4-8-30(38-3)27-12-9-24(27)18-36-19-33(15-5-7-23-16-25(34)10-13-28(23)33)20-39-31-14-11-26(17-29(31)36)40-35-32(37)22(21)2;1-9-5-2-8-3-6-10-7-4-8/h4,8,10-11,13-14,16-17,21-22,24,27,30H,5-7,9,12,15,18-20H2,1-3H3,(H,35,37);2-7H2,1H3/b8-4+;/t21?,22?,24?,27?,30?,33-;/m0./s1. The van der Waals surface area contributed by atoms with Gasteiger partial charge in [-0.15, -0.1) is 0 Å². The summed E-state index contributed by atoms with van der Waals surface area (Å²) in [7, 11) is 3.57. The van der Waals surface area contributed by atoms with E-state index in [0.29, 0.717) is 18.4 Å². The normalized spacial score (nSPS) is 30.7. The predicted molar refractivity (Wildman–Crippen MR) is 202 cm³/mol. The molecule has 1 saturated heterocycles. The van der Waals surface area contributed by atoms with Gasteiger partial charge in [-0.3, -0.25) is 14.4 Å². The molecule has 2 aromatic carbocycles. The number of hydrogen-bond acceptors (Lipinski definition) is 8. The number of aryl methyl sites for hydroxylation is 1. The number of amides is 1. The third-order valence-corrected chi connectivity index (χ3v) is 12.7. The van der Waals surface area contributed by atoms with Gasteiger partial charge in [-0.05, 0) is 110 Å². The Morgan fingerprint density at radius 1 is 1.10 bits per heavy atom. The van der Waals surface area contributed by atoms with E-state index in [9.17, 15) is 4.79 Å². The first kappa shape index (κ1) is 37.5. The molecule has 5 unspecified atom stereocenters. The smallest absolute Gasteiger partial charge is 0.233 e. The van der Waals surface area contributed by atoms with Gasteiger partial charge >= 0.3 is 0 Å². The SMILES string of the molecule is COC1/C=C/CC(C)C(C)C(=O)NSc2ccc3c(c2)N(CC2CCC21)C[C@@]1(CCCc2cc(Cl)ccc21)CO3.COCCN1CCOCC1. The number of rotatable bonds is 4. The minimum absolute atomic E-state index is 0.0693. The Kier molecular flexibility index (Phi) is 13.1. The van der Waals surface area contributed by atoms with Crippen LogP contribution >= 0.6 is 23.5 Å². The summed E-state index contributed by atoms with van der Waals surface area (Å²) in [6.45, 7) is 12.4. The number of anilines is 1. The second kappa shape index (κ2) is 17.5. The van der Waals surface area contributed by atoms with E-state index in [1.807, 2.05) is 20.1 Å². The van der Waals surface area contributed by atoms with Gasteiger partial charge in [0.25, 0.3) is 0 Å². The van der Waals surface area contributed by atoms with Gasteiger partial charge in [-0.2, -0.15) is 0 Å². The van der Waals surface area contributed by atoms with Crippen LogP contribution in [0.4, 0.5) is 5.69 Å². The number of carbonyl (C=O) groups excluding carboxylic acids is 1. The molecule has 1 N–H and O–H groups in total. The fraction of sp³-hybridized carbons (Fsp3) is 0.625. The van der Waals surface area contributed by atoms with E-state index in [4.69, 9.17) is 30.5 Å². The molecule has 50 heavy (non-hydrogen) atoms. The molecule has 2 aliphatic carbocycles. The van der Waals surface area contributed by atoms with Crippen LogP contribution in [-0.4, -0.2) is 90.3 Å². The van der Waals surface area contributed by atoms with Crippen LogP contribution in [0, 0.1) is 23.7 Å². The Labute approximate surface area is 308 Å². The Bertz CT molecular complexity index is 1470. The summed E-state index contributed by atoms with van der Waals surface area (Å²) in [6, 6.07) is 12.8. The summed E-state index contributed by atoms with van der Waals surface area (Å²) in [4.78, 5) is 19.0. The zero-order chi connectivity index (χ0) is 35.1. The number of fused-ring (bicyclic) bond motifs is 4. The van der Waals surface area contributed by atoms with Crippen molar-refractivity contribution in [2.45, 2.75) is 68.8 Å². The molecular weight excluding hydrogens is 670 g/mol. The van der Waals surface area contributed by atoms with Crippen molar-refractivity contribution in [2.75, 3.05) is 78.3 Å². The van der Waals surface area contributed by atoms with Crippen molar-refractivity contribution in [1.29, 1.82) is 0 Å². The van der Waals surface area contributed by atoms with Crippen LogP contribution in [0.25, 0.3) is 0 Å². The fourth-order valence-corrected chi connectivity index (χ4v) is 9.13. The summed E-state index contributed by atoms with van der Waals surface area (Å²) >= 11 is 7.84. The fourth-order valence-electron chi connectivity index (χ4n) is 8.23. The van der Waals surface area contributed by atoms with E-state index in [2.05, 4.69) is 63.9 Å². The van der Waals surface area contributed by atoms with Gasteiger partial charge < -0.3 is 23.8 Å². The maximum atomic E-state index is 13.0. The predicted octanol–water partition coefficient (Wildman–Crippen LogP) is 7.17. The van der Waals surface area contributed by atoms with Crippen LogP contribution < -0.4 is 14.4 Å². The van der Waals surface area contributed by atoms with E-state index < -0.39 is 0 Å². The van der Waals surface area contributed by atoms with Crippen LogP contribution in [0.3, 0.4) is 0 Å².